The van der Waals surface area contributed by atoms with E-state index in [0.29, 0.717) is 5.13 Å². The quantitative estimate of drug-likeness (QED) is 0.832. The Morgan fingerprint density at radius 1 is 1.38 bits per heavy atom. The van der Waals surface area contributed by atoms with Crippen LogP contribution in [0.25, 0.3) is 0 Å². The van der Waals surface area contributed by atoms with Crippen molar-refractivity contribution in [3.8, 4) is 0 Å². The van der Waals surface area contributed by atoms with Crippen LogP contribution in [-0.2, 0) is 18.4 Å². The van der Waals surface area contributed by atoms with E-state index in [0.717, 1.165) is 30.9 Å². The largest absolute Gasteiger partial charge is 0.305 e. The van der Waals surface area contributed by atoms with Gasteiger partial charge in [0.2, 0.25) is 5.91 Å². The molecule has 2 aromatic heterocycles. The molecule has 0 radical (unpaired) electrons. The lowest BCUT2D eigenvalue weighted by Gasteiger charge is -2.25. The summed E-state index contributed by atoms with van der Waals surface area (Å²) in [4.78, 5) is 19.5. The molecule has 1 aliphatic rings. The van der Waals surface area contributed by atoms with Crippen molar-refractivity contribution >= 4 is 22.4 Å². The van der Waals surface area contributed by atoms with Gasteiger partial charge in [-0.3, -0.25) is 14.4 Å². The van der Waals surface area contributed by atoms with E-state index in [-0.39, 0.29) is 5.91 Å². The maximum atomic E-state index is 12.5. The Labute approximate surface area is 146 Å². The molecule has 0 aliphatic carbocycles. The number of hydrogen-bond acceptors (Lipinski definition) is 6. The Kier molecular flexibility index (Phi) is 5.60. The number of amides is 1. The third-order valence-electron chi connectivity index (χ3n) is 4.23. The summed E-state index contributed by atoms with van der Waals surface area (Å²) >= 11 is 1.48. The molecule has 24 heavy (non-hydrogen) atoms. The SMILES string of the molecule is CNC(C(=O)Nc1nc(CN2CCCCC2)cs1)c1cnn(C)c1. The molecule has 1 saturated heterocycles. The van der Waals surface area contributed by atoms with E-state index in [1.165, 1.54) is 30.6 Å². The minimum Gasteiger partial charge on any atom is -0.305 e. The molecule has 1 fully saturated rings. The van der Waals surface area contributed by atoms with E-state index in [4.69, 9.17) is 0 Å². The zero-order valence-electron chi connectivity index (χ0n) is 14.2. The Morgan fingerprint density at radius 2 is 2.17 bits per heavy atom. The van der Waals surface area contributed by atoms with Crippen LogP contribution >= 0.6 is 11.3 Å². The lowest BCUT2D eigenvalue weighted by molar-refractivity contribution is -0.118. The molecule has 0 aromatic carbocycles. The van der Waals surface area contributed by atoms with Gasteiger partial charge >= 0.3 is 0 Å². The first-order chi connectivity index (χ1) is 11.7. The number of hydrogen-bond donors (Lipinski definition) is 2. The van der Waals surface area contributed by atoms with Crippen LogP contribution in [0.4, 0.5) is 5.13 Å². The van der Waals surface area contributed by atoms with Crippen molar-refractivity contribution in [1.29, 1.82) is 0 Å². The monoisotopic (exact) mass is 348 g/mol. The molecule has 1 aliphatic heterocycles. The summed E-state index contributed by atoms with van der Waals surface area (Å²) < 4.78 is 1.69. The molecule has 3 rings (SSSR count). The summed E-state index contributed by atoms with van der Waals surface area (Å²) in [5, 5.41) is 12.7. The number of anilines is 1. The molecule has 2 aromatic rings. The third-order valence-corrected chi connectivity index (χ3v) is 5.03. The van der Waals surface area contributed by atoms with Gasteiger partial charge in [-0.15, -0.1) is 11.3 Å². The van der Waals surface area contributed by atoms with Gasteiger partial charge in [0.05, 0.1) is 11.9 Å². The number of rotatable bonds is 6. The lowest BCUT2D eigenvalue weighted by atomic mass is 10.1. The molecule has 8 heteroatoms. The van der Waals surface area contributed by atoms with Crippen LogP contribution in [0.3, 0.4) is 0 Å². The second kappa shape index (κ2) is 7.87. The topological polar surface area (TPSA) is 75.1 Å². The van der Waals surface area contributed by atoms with E-state index in [1.807, 2.05) is 18.6 Å². The summed E-state index contributed by atoms with van der Waals surface area (Å²) in [6.07, 6.45) is 7.40. The van der Waals surface area contributed by atoms with Crippen LogP contribution in [0.1, 0.15) is 36.6 Å². The Hall–Kier alpha value is -1.77. The van der Waals surface area contributed by atoms with Crippen LogP contribution in [0.15, 0.2) is 17.8 Å². The van der Waals surface area contributed by atoms with Crippen LogP contribution in [0.5, 0.6) is 0 Å². The molecule has 1 atom stereocenters. The third kappa shape index (κ3) is 4.19. The van der Waals surface area contributed by atoms with Crippen molar-refractivity contribution in [1.82, 2.24) is 25.0 Å². The number of nitrogens with zero attached hydrogens (tertiary/aromatic N) is 4. The zero-order valence-corrected chi connectivity index (χ0v) is 15.0. The summed E-state index contributed by atoms with van der Waals surface area (Å²) in [6, 6.07) is -0.437. The molecule has 3 heterocycles. The maximum Gasteiger partial charge on any atom is 0.247 e. The lowest BCUT2D eigenvalue weighted by Crippen LogP contribution is -2.30. The number of likely N-dealkylation sites (N-methyl/N-ethyl adjacent to an activating group) is 1. The minimum absolute atomic E-state index is 0.121. The Morgan fingerprint density at radius 3 is 2.83 bits per heavy atom. The Bertz CT molecular complexity index is 676. The van der Waals surface area contributed by atoms with E-state index >= 15 is 0 Å². The fourth-order valence-corrected chi connectivity index (χ4v) is 3.70. The van der Waals surface area contributed by atoms with E-state index < -0.39 is 6.04 Å². The van der Waals surface area contributed by atoms with Crippen molar-refractivity contribution in [3.05, 3.63) is 29.0 Å². The summed E-state index contributed by atoms with van der Waals surface area (Å²) in [7, 11) is 3.60. The second-order valence-electron chi connectivity index (χ2n) is 6.14. The molecule has 1 amide bonds. The molecule has 7 nitrogen and oxygen atoms in total. The normalized spacial score (nSPS) is 16.9. The van der Waals surface area contributed by atoms with Crippen molar-refractivity contribution in [2.24, 2.45) is 7.05 Å². The van der Waals surface area contributed by atoms with E-state index in [2.05, 4.69) is 25.6 Å². The average Bonchev–Trinajstić information content (AvgIpc) is 3.18. The summed E-state index contributed by atoms with van der Waals surface area (Å²) in [6.45, 7) is 3.15. The van der Waals surface area contributed by atoms with Crippen LogP contribution < -0.4 is 10.6 Å². The number of carbonyl (C=O) groups is 1. The maximum absolute atomic E-state index is 12.5. The number of carbonyl (C=O) groups excluding carboxylic acids is 1. The van der Waals surface area contributed by atoms with Crippen molar-refractivity contribution in [3.63, 3.8) is 0 Å². The van der Waals surface area contributed by atoms with Gasteiger partial charge in [0.25, 0.3) is 0 Å². The number of aryl methyl sites for hydroxylation is 1. The second-order valence-corrected chi connectivity index (χ2v) is 7.00. The molecule has 0 bridgehead atoms. The van der Waals surface area contributed by atoms with Crippen LogP contribution in [0.2, 0.25) is 0 Å². The molecular weight excluding hydrogens is 324 g/mol. The highest BCUT2D eigenvalue weighted by atomic mass is 32.1. The first-order valence-electron chi connectivity index (χ1n) is 8.29. The van der Waals surface area contributed by atoms with Gasteiger partial charge in [0, 0.05) is 30.7 Å². The smallest absolute Gasteiger partial charge is 0.247 e. The highest BCUT2D eigenvalue weighted by Gasteiger charge is 2.21. The van der Waals surface area contributed by atoms with Gasteiger partial charge in [-0.25, -0.2) is 4.98 Å². The molecule has 0 saturated carbocycles. The van der Waals surface area contributed by atoms with Crippen molar-refractivity contribution in [2.45, 2.75) is 31.8 Å². The molecular formula is C16H24N6OS. The molecule has 2 N–H and O–H groups in total. The number of aromatic nitrogens is 3. The number of thiazole rings is 1. The van der Waals surface area contributed by atoms with Gasteiger partial charge in [-0.05, 0) is 33.0 Å². The summed E-state index contributed by atoms with van der Waals surface area (Å²) in [5.74, 6) is -0.121. The van der Waals surface area contributed by atoms with Crippen molar-refractivity contribution < 1.29 is 4.79 Å². The fraction of sp³-hybridized carbons (Fsp3) is 0.562. The number of likely N-dealkylation sites (tertiary alicyclic amines) is 1. The highest BCUT2D eigenvalue weighted by molar-refractivity contribution is 7.13. The molecule has 1 unspecified atom stereocenters. The Balaban J connectivity index is 1.59. The van der Waals surface area contributed by atoms with Gasteiger partial charge < -0.3 is 10.6 Å². The number of nitrogens with one attached hydrogen (secondary N) is 2. The fourth-order valence-electron chi connectivity index (χ4n) is 3.00. The minimum atomic E-state index is -0.437. The van der Waals surface area contributed by atoms with E-state index in [1.54, 1.807) is 17.9 Å². The van der Waals surface area contributed by atoms with Crippen LogP contribution in [-0.4, -0.2) is 45.7 Å². The van der Waals surface area contributed by atoms with Gasteiger partial charge in [0.15, 0.2) is 5.13 Å². The molecule has 130 valence electrons. The van der Waals surface area contributed by atoms with E-state index in [9.17, 15) is 4.79 Å². The number of piperidine rings is 1. The molecule has 0 spiro atoms. The summed E-state index contributed by atoms with van der Waals surface area (Å²) in [5.41, 5.74) is 1.86. The van der Waals surface area contributed by atoms with Gasteiger partial charge in [-0.1, -0.05) is 6.42 Å². The van der Waals surface area contributed by atoms with Crippen LogP contribution in [0, 0.1) is 0 Å². The first kappa shape index (κ1) is 17.1. The van der Waals surface area contributed by atoms with Gasteiger partial charge in [-0.2, -0.15) is 5.10 Å². The average molecular weight is 348 g/mol. The highest BCUT2D eigenvalue weighted by Crippen LogP contribution is 2.21. The zero-order chi connectivity index (χ0) is 16.9. The standard InChI is InChI=1S/C16H24N6OS/c1-17-14(12-8-18-21(2)9-12)15(23)20-16-19-13(11-24-16)10-22-6-4-3-5-7-22/h8-9,11,14,17H,3-7,10H2,1-2H3,(H,19,20,23). The predicted molar refractivity (Wildman–Crippen MR) is 94.9 cm³/mol. The van der Waals surface area contributed by atoms with Crippen molar-refractivity contribution in [2.75, 3.05) is 25.5 Å². The van der Waals surface area contributed by atoms with Gasteiger partial charge in [0.1, 0.15) is 6.04 Å². The predicted octanol–water partition coefficient (Wildman–Crippen LogP) is 1.76. The first-order valence-corrected chi connectivity index (χ1v) is 9.17.